The van der Waals surface area contributed by atoms with Crippen molar-refractivity contribution >= 4 is 12.6 Å². The lowest BCUT2D eigenvalue weighted by molar-refractivity contribution is 0.0963. The first kappa shape index (κ1) is 16.9. The van der Waals surface area contributed by atoms with Crippen LogP contribution in [0.3, 0.4) is 0 Å². The molecule has 0 fully saturated rings. The maximum absolute atomic E-state index is 13.7. The summed E-state index contributed by atoms with van der Waals surface area (Å²) in [6, 6.07) is 3.32. The number of nitrogens with zero attached hydrogens (tertiary/aromatic N) is 3. The van der Waals surface area contributed by atoms with E-state index in [0.717, 1.165) is 18.2 Å². The molecule has 0 bridgehead atoms. The number of rotatable bonds is 6. The third-order valence-corrected chi connectivity index (χ3v) is 2.70. The summed E-state index contributed by atoms with van der Waals surface area (Å²) in [5, 5.41) is 2.17. The van der Waals surface area contributed by atoms with Crippen molar-refractivity contribution in [1.29, 1.82) is 0 Å². The smallest absolute Gasteiger partial charge is 0.257 e. The van der Waals surface area contributed by atoms with E-state index in [1.54, 1.807) is 0 Å². The molecule has 0 radical (unpaired) electrons. The van der Waals surface area contributed by atoms with E-state index in [2.05, 4.69) is 33.6 Å². The fourth-order valence-electron chi connectivity index (χ4n) is 1.68. The number of amides is 1. The Hall–Kier alpha value is -3.42. The predicted molar refractivity (Wildman–Crippen MR) is 86.0 cm³/mol. The molecule has 2 rings (SSSR count). The second kappa shape index (κ2) is 7.73. The molecule has 1 aromatic carbocycles. The Morgan fingerprint density at radius 1 is 1.29 bits per heavy atom. The van der Waals surface area contributed by atoms with Gasteiger partial charge in [-0.15, -0.1) is 0 Å². The van der Waals surface area contributed by atoms with E-state index in [9.17, 15) is 13.6 Å². The van der Waals surface area contributed by atoms with Crippen molar-refractivity contribution in [1.82, 2.24) is 15.3 Å². The minimum atomic E-state index is -0.868. The number of benzene rings is 1. The Kier molecular flexibility index (Phi) is 5.45. The molecule has 0 unspecified atom stereocenters. The molecule has 6 nitrogen and oxygen atoms in total. The van der Waals surface area contributed by atoms with Crippen LogP contribution in [0.15, 0.2) is 66.2 Å². The molecular formula is C16H14F2N4O2. The Balaban J connectivity index is 0.00000312. The van der Waals surface area contributed by atoms with Gasteiger partial charge in [-0.1, -0.05) is 6.58 Å². The maximum atomic E-state index is 13.7. The van der Waals surface area contributed by atoms with Crippen molar-refractivity contribution in [2.45, 2.75) is 0 Å². The zero-order chi connectivity index (χ0) is 17.5. The molecule has 0 aliphatic rings. The molecule has 0 saturated carbocycles. The fourth-order valence-corrected chi connectivity index (χ4v) is 1.68. The van der Waals surface area contributed by atoms with E-state index in [0.29, 0.717) is 0 Å². The van der Waals surface area contributed by atoms with Gasteiger partial charge in [0.2, 0.25) is 0 Å². The number of nitrogens with one attached hydrogen (secondary N) is 1. The van der Waals surface area contributed by atoms with Gasteiger partial charge in [-0.05, 0) is 24.9 Å². The second-order valence-electron chi connectivity index (χ2n) is 4.36. The van der Waals surface area contributed by atoms with Crippen LogP contribution in [-0.2, 0) is 0 Å². The molecule has 1 amide bonds. The van der Waals surface area contributed by atoms with Gasteiger partial charge >= 0.3 is 0 Å². The van der Waals surface area contributed by atoms with Crippen LogP contribution in [0.25, 0.3) is 0 Å². The van der Waals surface area contributed by atoms with E-state index in [1.165, 1.54) is 24.8 Å². The van der Waals surface area contributed by atoms with Crippen LogP contribution in [0, 0.1) is 5.82 Å². The molecule has 8 heteroatoms. The number of aliphatic imine (C=N–C) groups is 1. The van der Waals surface area contributed by atoms with Gasteiger partial charge in [0.05, 0.1) is 12.4 Å². The molecule has 0 spiro atoms. The molecule has 1 aromatic heterocycles. The summed E-state index contributed by atoms with van der Waals surface area (Å²) in [5.74, 6) is -2.47. The Bertz CT molecular complexity index is 813. The molecule has 0 aliphatic carbocycles. The third-order valence-electron chi connectivity index (χ3n) is 2.70. The summed E-state index contributed by atoms with van der Waals surface area (Å²) in [4.78, 5) is 23.0. The van der Waals surface area contributed by atoms with E-state index >= 15 is 0 Å². The number of halogens is 2. The molecule has 1 heterocycles. The Labute approximate surface area is 137 Å². The van der Waals surface area contributed by atoms with Gasteiger partial charge in [-0.25, -0.2) is 23.7 Å². The number of carbonyl (C=O) groups excluding carboxylic acids is 1. The molecule has 24 heavy (non-hydrogen) atoms. The number of hydrogen-bond acceptors (Lipinski definition) is 5. The lowest BCUT2D eigenvalue weighted by Crippen LogP contribution is -2.22. The van der Waals surface area contributed by atoms with Gasteiger partial charge in [-0.2, -0.15) is 0 Å². The van der Waals surface area contributed by atoms with Crippen LogP contribution in [-0.4, -0.2) is 22.6 Å². The average Bonchev–Trinajstić information content (AvgIpc) is 2.59. The highest BCUT2D eigenvalue weighted by Gasteiger charge is 2.13. The molecular weight excluding hydrogens is 318 g/mol. The first-order valence-corrected chi connectivity index (χ1v) is 6.57. The molecule has 0 aliphatic heterocycles. The van der Waals surface area contributed by atoms with Gasteiger partial charge in [0.25, 0.3) is 5.91 Å². The topological polar surface area (TPSA) is 76.5 Å². The molecule has 0 atom stereocenters. The van der Waals surface area contributed by atoms with Gasteiger partial charge in [-0.3, -0.25) is 4.79 Å². The number of ether oxygens (including phenoxy) is 1. The summed E-state index contributed by atoms with van der Waals surface area (Å²) in [6.45, 7) is 6.37. The maximum Gasteiger partial charge on any atom is 0.257 e. The molecule has 1 N–H and O–H groups in total. The van der Waals surface area contributed by atoms with Gasteiger partial charge in [0, 0.05) is 13.1 Å². The highest BCUT2D eigenvalue weighted by atomic mass is 19.1. The van der Waals surface area contributed by atoms with Crippen molar-refractivity contribution in [3.8, 4) is 11.5 Å². The van der Waals surface area contributed by atoms with Crippen molar-refractivity contribution in [3.05, 3.63) is 72.6 Å². The quantitative estimate of drug-likeness (QED) is 0.650. The molecule has 124 valence electrons. The zero-order valence-corrected chi connectivity index (χ0v) is 12.4. The van der Waals surface area contributed by atoms with E-state index in [-0.39, 0.29) is 18.5 Å². The highest BCUT2D eigenvalue weighted by Crippen LogP contribution is 2.22. The number of hydrogen-bond donors (Lipinski definition) is 1. The van der Waals surface area contributed by atoms with E-state index in [1.807, 2.05) is 0 Å². The molecule has 0 saturated heterocycles. The normalized spacial score (nSPS) is 11.2. The first-order valence-electron chi connectivity index (χ1n) is 6.57. The lowest BCUT2D eigenvalue weighted by atomic mass is 10.2. The van der Waals surface area contributed by atoms with Crippen LogP contribution >= 0.6 is 0 Å². The Morgan fingerprint density at radius 3 is 2.62 bits per heavy atom. The summed E-state index contributed by atoms with van der Waals surface area (Å²) in [7, 11) is 0. The van der Waals surface area contributed by atoms with Crippen molar-refractivity contribution in [2.75, 3.05) is 0 Å². The van der Waals surface area contributed by atoms with E-state index in [4.69, 9.17) is 4.74 Å². The average molecular weight is 332 g/mol. The van der Waals surface area contributed by atoms with Gasteiger partial charge < -0.3 is 10.1 Å². The van der Waals surface area contributed by atoms with Crippen LogP contribution in [0.4, 0.5) is 8.78 Å². The second-order valence-corrected chi connectivity index (χ2v) is 4.36. The summed E-state index contributed by atoms with van der Waals surface area (Å²) in [5.41, 5.74) is -0.0974. The monoisotopic (exact) mass is 332 g/mol. The Morgan fingerprint density at radius 2 is 2.00 bits per heavy atom. The SMILES string of the molecule is C=C/C(F)=C(\N=C)NC(=O)c1cc(F)cc(Oc2cncnc2)c1.[HH]. The van der Waals surface area contributed by atoms with Crippen LogP contribution in [0.1, 0.15) is 11.8 Å². The van der Waals surface area contributed by atoms with Crippen molar-refractivity contribution < 1.29 is 19.7 Å². The lowest BCUT2D eigenvalue weighted by Gasteiger charge is -2.09. The van der Waals surface area contributed by atoms with E-state index < -0.39 is 23.4 Å². The largest absolute Gasteiger partial charge is 0.454 e. The molecule has 2 aromatic rings. The predicted octanol–water partition coefficient (Wildman–Crippen LogP) is 3.41. The zero-order valence-electron chi connectivity index (χ0n) is 12.4. The fraction of sp³-hybridized carbons (Fsp3) is 0. The first-order chi connectivity index (χ1) is 11.5. The van der Waals surface area contributed by atoms with Crippen molar-refractivity contribution in [2.24, 2.45) is 4.99 Å². The minimum absolute atomic E-state index is 0. The standard InChI is InChI=1S/C16H12F2N4O2.H2/c1-3-14(18)15(19-2)22-16(23)10-4-11(17)6-12(5-10)24-13-7-20-9-21-8-13;/h3-9H,1-2H2,(H,22,23);1H/b15-14-;. The summed E-state index contributed by atoms with van der Waals surface area (Å²) in [6.07, 6.45) is 4.92. The minimum Gasteiger partial charge on any atom is -0.454 e. The number of aromatic nitrogens is 2. The third kappa shape index (κ3) is 4.29. The number of carbonyl (C=O) groups is 1. The highest BCUT2D eigenvalue weighted by molar-refractivity contribution is 5.95. The van der Waals surface area contributed by atoms with Crippen LogP contribution in [0.5, 0.6) is 11.5 Å². The van der Waals surface area contributed by atoms with Crippen LogP contribution < -0.4 is 10.1 Å². The van der Waals surface area contributed by atoms with Gasteiger partial charge in [0.15, 0.2) is 17.4 Å². The number of allylic oxidation sites excluding steroid dienone is 2. The van der Waals surface area contributed by atoms with Gasteiger partial charge in [0.1, 0.15) is 17.9 Å². The summed E-state index contributed by atoms with van der Waals surface area (Å²) >= 11 is 0. The van der Waals surface area contributed by atoms with Crippen molar-refractivity contribution in [3.63, 3.8) is 0 Å². The summed E-state index contributed by atoms with van der Waals surface area (Å²) < 4.78 is 32.5. The van der Waals surface area contributed by atoms with Crippen LogP contribution in [0.2, 0.25) is 0 Å².